The number of hydrogen-bond donors (Lipinski definition) is 1. The summed E-state index contributed by atoms with van der Waals surface area (Å²) in [6, 6.07) is 6.70. The summed E-state index contributed by atoms with van der Waals surface area (Å²) in [4.78, 5) is 10.5. The van der Waals surface area contributed by atoms with Crippen molar-refractivity contribution in [2.75, 3.05) is 0 Å². The highest BCUT2D eigenvalue weighted by molar-refractivity contribution is 5.66. The van der Waals surface area contributed by atoms with Crippen molar-refractivity contribution in [1.29, 1.82) is 0 Å². The van der Waals surface area contributed by atoms with Crippen LogP contribution >= 0.6 is 0 Å². The lowest BCUT2D eigenvalue weighted by Gasteiger charge is -2.06. The van der Waals surface area contributed by atoms with Gasteiger partial charge in [0.15, 0.2) is 0 Å². The first kappa shape index (κ1) is 17.1. The molecule has 1 heterocycles. The number of carboxylic acid groups (broad SMARTS) is 1. The Morgan fingerprint density at radius 1 is 1.22 bits per heavy atom. The zero-order valence-corrected chi connectivity index (χ0v) is 12.6. The molecular formula is C16H17F3N2O2. The van der Waals surface area contributed by atoms with Crippen LogP contribution in [0.25, 0.3) is 11.3 Å². The van der Waals surface area contributed by atoms with Crippen LogP contribution in [0.1, 0.15) is 30.5 Å². The standard InChI is InChI=1S/C16H17F3N2O2/c1-21-13(4-2-3-5-15(22)23)10-14(20-21)11-6-8-12(9-7-11)16(17,18)19/h6-10H,2-5H2,1H3,(H,22,23). The molecule has 0 unspecified atom stereocenters. The Kier molecular flexibility index (Phi) is 5.08. The van der Waals surface area contributed by atoms with Gasteiger partial charge in [0.1, 0.15) is 0 Å². The first-order valence-corrected chi connectivity index (χ1v) is 7.19. The third-order valence-electron chi connectivity index (χ3n) is 3.56. The first-order chi connectivity index (χ1) is 10.8. The molecule has 0 fully saturated rings. The van der Waals surface area contributed by atoms with Gasteiger partial charge in [-0.1, -0.05) is 12.1 Å². The molecule has 0 amide bonds. The molecule has 0 radical (unpaired) electrons. The average molecular weight is 326 g/mol. The molecule has 1 aromatic carbocycles. The molecule has 0 bridgehead atoms. The van der Waals surface area contributed by atoms with E-state index in [1.807, 2.05) is 6.07 Å². The highest BCUT2D eigenvalue weighted by Crippen LogP contribution is 2.30. The predicted octanol–water partition coefficient (Wildman–Crippen LogP) is 3.90. The highest BCUT2D eigenvalue weighted by Gasteiger charge is 2.30. The van der Waals surface area contributed by atoms with E-state index in [9.17, 15) is 18.0 Å². The van der Waals surface area contributed by atoms with Crippen molar-refractivity contribution in [3.8, 4) is 11.3 Å². The van der Waals surface area contributed by atoms with E-state index in [0.29, 0.717) is 24.1 Å². The molecule has 7 heteroatoms. The number of carbonyl (C=O) groups is 1. The normalized spacial score (nSPS) is 11.7. The van der Waals surface area contributed by atoms with E-state index in [1.54, 1.807) is 11.7 Å². The van der Waals surface area contributed by atoms with Crippen molar-refractivity contribution in [3.63, 3.8) is 0 Å². The van der Waals surface area contributed by atoms with Crippen molar-refractivity contribution in [2.24, 2.45) is 7.05 Å². The maximum atomic E-state index is 12.6. The smallest absolute Gasteiger partial charge is 0.416 e. The van der Waals surface area contributed by atoms with Gasteiger partial charge in [0.2, 0.25) is 0 Å². The number of benzene rings is 1. The average Bonchev–Trinajstić information content (AvgIpc) is 2.84. The summed E-state index contributed by atoms with van der Waals surface area (Å²) in [5.74, 6) is -0.819. The molecule has 0 aliphatic carbocycles. The minimum Gasteiger partial charge on any atom is -0.481 e. The minimum atomic E-state index is -4.35. The molecule has 0 aliphatic rings. The van der Waals surface area contributed by atoms with E-state index in [1.165, 1.54) is 12.1 Å². The van der Waals surface area contributed by atoms with Crippen LogP contribution in [0.4, 0.5) is 13.2 Å². The van der Waals surface area contributed by atoms with Crippen LogP contribution < -0.4 is 0 Å². The number of aromatic nitrogens is 2. The molecule has 2 rings (SSSR count). The summed E-state index contributed by atoms with van der Waals surface area (Å²) >= 11 is 0. The molecule has 1 N–H and O–H groups in total. The lowest BCUT2D eigenvalue weighted by molar-refractivity contribution is -0.138. The maximum Gasteiger partial charge on any atom is 0.416 e. The number of aliphatic carboxylic acids is 1. The Bertz CT molecular complexity index is 676. The Morgan fingerprint density at radius 3 is 2.43 bits per heavy atom. The third-order valence-corrected chi connectivity index (χ3v) is 3.56. The van der Waals surface area contributed by atoms with E-state index >= 15 is 0 Å². The summed E-state index contributed by atoms with van der Waals surface area (Å²) < 4.78 is 39.3. The minimum absolute atomic E-state index is 0.129. The number of rotatable bonds is 6. The Balaban J connectivity index is 2.06. The van der Waals surface area contributed by atoms with E-state index in [-0.39, 0.29) is 6.42 Å². The topological polar surface area (TPSA) is 55.1 Å². The van der Waals surface area contributed by atoms with Crippen LogP contribution in [0.15, 0.2) is 30.3 Å². The zero-order chi connectivity index (χ0) is 17.0. The summed E-state index contributed by atoms with van der Waals surface area (Å²) in [5, 5.41) is 12.9. The van der Waals surface area contributed by atoms with Crippen LogP contribution in [-0.4, -0.2) is 20.9 Å². The number of hydrogen-bond acceptors (Lipinski definition) is 2. The molecule has 124 valence electrons. The number of nitrogens with zero attached hydrogens (tertiary/aromatic N) is 2. The maximum absolute atomic E-state index is 12.6. The van der Waals surface area contributed by atoms with Gasteiger partial charge in [-0.25, -0.2) is 0 Å². The fourth-order valence-corrected chi connectivity index (χ4v) is 2.29. The molecule has 0 saturated carbocycles. The predicted molar refractivity (Wildman–Crippen MR) is 78.8 cm³/mol. The van der Waals surface area contributed by atoms with Gasteiger partial charge in [-0.05, 0) is 37.5 Å². The van der Waals surface area contributed by atoms with Crippen LogP contribution in [-0.2, 0) is 24.4 Å². The largest absolute Gasteiger partial charge is 0.481 e. The second-order valence-electron chi connectivity index (χ2n) is 5.32. The van der Waals surface area contributed by atoms with E-state index in [4.69, 9.17) is 5.11 Å². The van der Waals surface area contributed by atoms with Crippen LogP contribution in [0.2, 0.25) is 0 Å². The molecule has 1 aromatic heterocycles. The van der Waals surface area contributed by atoms with Crippen LogP contribution in [0.3, 0.4) is 0 Å². The zero-order valence-electron chi connectivity index (χ0n) is 12.6. The third kappa shape index (κ3) is 4.58. The van der Waals surface area contributed by atoms with Gasteiger partial charge >= 0.3 is 12.1 Å². The fourth-order valence-electron chi connectivity index (χ4n) is 2.29. The number of unbranched alkanes of at least 4 members (excludes halogenated alkanes) is 1. The molecule has 0 saturated heterocycles. The van der Waals surface area contributed by atoms with Crippen LogP contribution in [0, 0.1) is 0 Å². The number of alkyl halides is 3. The fraction of sp³-hybridized carbons (Fsp3) is 0.375. The molecular weight excluding hydrogens is 309 g/mol. The summed E-state index contributed by atoms with van der Waals surface area (Å²) in [7, 11) is 1.76. The van der Waals surface area contributed by atoms with Crippen molar-refractivity contribution in [2.45, 2.75) is 31.9 Å². The van der Waals surface area contributed by atoms with Crippen LogP contribution in [0.5, 0.6) is 0 Å². The Morgan fingerprint density at radius 2 is 1.87 bits per heavy atom. The van der Waals surface area contributed by atoms with Gasteiger partial charge in [-0.3, -0.25) is 9.48 Å². The number of carboxylic acids is 1. The molecule has 0 spiro atoms. The van der Waals surface area contributed by atoms with Gasteiger partial charge in [-0.2, -0.15) is 18.3 Å². The lowest BCUT2D eigenvalue weighted by atomic mass is 10.1. The van der Waals surface area contributed by atoms with E-state index in [0.717, 1.165) is 24.2 Å². The Labute approximate surface area is 131 Å². The Hall–Kier alpha value is -2.31. The first-order valence-electron chi connectivity index (χ1n) is 7.19. The molecule has 0 aliphatic heterocycles. The van der Waals surface area contributed by atoms with Gasteiger partial charge in [0, 0.05) is 24.7 Å². The SMILES string of the molecule is Cn1nc(-c2ccc(C(F)(F)F)cc2)cc1CCCCC(=O)O. The monoisotopic (exact) mass is 326 g/mol. The van der Waals surface area contributed by atoms with E-state index < -0.39 is 17.7 Å². The van der Waals surface area contributed by atoms with Crippen molar-refractivity contribution in [3.05, 3.63) is 41.6 Å². The molecule has 4 nitrogen and oxygen atoms in total. The highest BCUT2D eigenvalue weighted by atomic mass is 19.4. The van der Waals surface area contributed by atoms with Gasteiger partial charge in [0.05, 0.1) is 11.3 Å². The quantitative estimate of drug-likeness (QED) is 0.819. The van der Waals surface area contributed by atoms with Crippen molar-refractivity contribution >= 4 is 5.97 Å². The number of halogens is 3. The van der Waals surface area contributed by atoms with Gasteiger partial charge < -0.3 is 5.11 Å². The van der Waals surface area contributed by atoms with E-state index in [2.05, 4.69) is 5.10 Å². The lowest BCUT2D eigenvalue weighted by Crippen LogP contribution is -2.04. The second-order valence-corrected chi connectivity index (χ2v) is 5.32. The molecule has 0 atom stereocenters. The molecule has 2 aromatic rings. The van der Waals surface area contributed by atoms with Gasteiger partial charge in [0.25, 0.3) is 0 Å². The number of aryl methyl sites for hydroxylation is 2. The van der Waals surface area contributed by atoms with Crippen molar-refractivity contribution < 1.29 is 23.1 Å². The molecule has 23 heavy (non-hydrogen) atoms. The summed E-state index contributed by atoms with van der Waals surface area (Å²) in [6.45, 7) is 0. The van der Waals surface area contributed by atoms with Gasteiger partial charge in [-0.15, -0.1) is 0 Å². The second kappa shape index (κ2) is 6.85. The van der Waals surface area contributed by atoms with Crippen molar-refractivity contribution in [1.82, 2.24) is 9.78 Å². The summed E-state index contributed by atoms with van der Waals surface area (Å²) in [6.07, 6.45) is -2.24. The summed E-state index contributed by atoms with van der Waals surface area (Å²) in [5.41, 5.74) is 1.45.